The van der Waals surface area contributed by atoms with Crippen molar-refractivity contribution < 1.29 is 4.79 Å². The lowest BCUT2D eigenvalue weighted by atomic mass is 10.2. The van der Waals surface area contributed by atoms with Crippen LogP contribution in [0.2, 0.25) is 5.02 Å². The van der Waals surface area contributed by atoms with E-state index in [1.165, 1.54) is 24.6 Å². The topological polar surface area (TPSA) is 72.7 Å². The van der Waals surface area contributed by atoms with Crippen LogP contribution in [0.15, 0.2) is 23.4 Å². The van der Waals surface area contributed by atoms with E-state index in [1.54, 1.807) is 12.1 Å². The zero-order chi connectivity index (χ0) is 16.2. The van der Waals surface area contributed by atoms with Crippen molar-refractivity contribution in [3.05, 3.63) is 28.8 Å². The molecule has 1 aliphatic rings. The Hall–Kier alpha value is -1.60. The zero-order valence-electron chi connectivity index (χ0n) is 12.8. The molecule has 2 aromatic rings. The lowest BCUT2D eigenvalue weighted by Gasteiger charge is -2.11. The van der Waals surface area contributed by atoms with Crippen LogP contribution in [0.4, 0.5) is 5.69 Å². The van der Waals surface area contributed by atoms with Gasteiger partial charge in [0.1, 0.15) is 0 Å². The van der Waals surface area contributed by atoms with Crippen LogP contribution in [-0.4, -0.2) is 31.9 Å². The maximum Gasteiger partial charge on any atom is 0.234 e. The molecule has 8 heteroatoms. The molecule has 1 saturated carbocycles. The molecule has 1 amide bonds. The number of tetrazole rings is 1. The van der Waals surface area contributed by atoms with Gasteiger partial charge in [-0.1, -0.05) is 42.3 Å². The highest BCUT2D eigenvalue weighted by molar-refractivity contribution is 7.99. The molecule has 1 aromatic carbocycles. The molecule has 1 N–H and O–H groups in total. The summed E-state index contributed by atoms with van der Waals surface area (Å²) in [6.07, 6.45) is 4.63. The van der Waals surface area contributed by atoms with E-state index in [9.17, 15) is 4.79 Å². The van der Waals surface area contributed by atoms with Crippen LogP contribution in [0.25, 0.3) is 0 Å². The molecule has 0 spiro atoms. The Morgan fingerprint density at radius 2 is 2.22 bits per heavy atom. The molecule has 1 heterocycles. The van der Waals surface area contributed by atoms with Crippen molar-refractivity contribution in [2.45, 2.75) is 43.8 Å². The number of amides is 1. The Bertz CT molecular complexity index is 699. The third-order valence-electron chi connectivity index (χ3n) is 3.94. The van der Waals surface area contributed by atoms with Gasteiger partial charge in [0.15, 0.2) is 0 Å². The van der Waals surface area contributed by atoms with E-state index >= 15 is 0 Å². The molecule has 23 heavy (non-hydrogen) atoms. The van der Waals surface area contributed by atoms with Crippen LogP contribution in [0, 0.1) is 6.92 Å². The second-order valence-electron chi connectivity index (χ2n) is 5.64. The van der Waals surface area contributed by atoms with Crippen molar-refractivity contribution in [3.63, 3.8) is 0 Å². The number of carbonyl (C=O) groups is 1. The van der Waals surface area contributed by atoms with Gasteiger partial charge in [-0.3, -0.25) is 4.79 Å². The molecule has 1 fully saturated rings. The molecule has 3 rings (SSSR count). The standard InChI is InChI=1S/C15H18ClN5OS/c1-10-6-7-11(16)8-13(10)17-14(22)9-23-15-18-19-20-21(15)12-4-2-3-5-12/h6-8,12H,2-5,9H2,1H3,(H,17,22). The van der Waals surface area contributed by atoms with E-state index in [2.05, 4.69) is 20.8 Å². The molecule has 0 radical (unpaired) electrons. The Morgan fingerprint density at radius 1 is 1.43 bits per heavy atom. The molecule has 0 atom stereocenters. The Kier molecular flexibility index (Phi) is 5.17. The number of nitrogens with one attached hydrogen (secondary N) is 1. The van der Waals surface area contributed by atoms with E-state index in [4.69, 9.17) is 11.6 Å². The number of aromatic nitrogens is 4. The summed E-state index contributed by atoms with van der Waals surface area (Å²) in [4.78, 5) is 12.2. The van der Waals surface area contributed by atoms with Crippen LogP contribution < -0.4 is 5.32 Å². The highest BCUT2D eigenvalue weighted by Gasteiger charge is 2.22. The average molecular weight is 352 g/mol. The van der Waals surface area contributed by atoms with Crippen molar-refractivity contribution in [1.29, 1.82) is 0 Å². The number of aryl methyl sites for hydroxylation is 1. The molecular weight excluding hydrogens is 334 g/mol. The number of benzene rings is 1. The van der Waals surface area contributed by atoms with Gasteiger partial charge < -0.3 is 5.32 Å². The zero-order valence-corrected chi connectivity index (χ0v) is 14.4. The first kappa shape index (κ1) is 16.3. The largest absolute Gasteiger partial charge is 0.325 e. The molecule has 0 saturated heterocycles. The number of thioether (sulfide) groups is 1. The van der Waals surface area contributed by atoms with Crippen LogP contribution in [0.1, 0.15) is 37.3 Å². The first-order chi connectivity index (χ1) is 11.1. The maximum atomic E-state index is 12.2. The van der Waals surface area contributed by atoms with E-state index in [-0.39, 0.29) is 11.7 Å². The quantitative estimate of drug-likeness (QED) is 0.835. The summed E-state index contributed by atoms with van der Waals surface area (Å²) >= 11 is 7.33. The fraction of sp³-hybridized carbons (Fsp3) is 0.467. The van der Waals surface area contributed by atoms with Crippen molar-refractivity contribution in [3.8, 4) is 0 Å². The monoisotopic (exact) mass is 351 g/mol. The lowest BCUT2D eigenvalue weighted by molar-refractivity contribution is -0.113. The minimum Gasteiger partial charge on any atom is -0.325 e. The van der Waals surface area contributed by atoms with E-state index in [1.807, 2.05) is 17.7 Å². The van der Waals surface area contributed by atoms with Crippen LogP contribution in [0.5, 0.6) is 0 Å². The Labute approximate surface area is 144 Å². The van der Waals surface area contributed by atoms with Crippen molar-refractivity contribution in [2.24, 2.45) is 0 Å². The van der Waals surface area contributed by atoms with Crippen molar-refractivity contribution in [2.75, 3.05) is 11.1 Å². The molecule has 0 aliphatic heterocycles. The summed E-state index contributed by atoms with van der Waals surface area (Å²) in [6.45, 7) is 1.93. The van der Waals surface area contributed by atoms with Crippen LogP contribution >= 0.6 is 23.4 Å². The van der Waals surface area contributed by atoms with Gasteiger partial charge in [-0.05, 0) is 47.9 Å². The maximum absolute atomic E-state index is 12.2. The van der Waals surface area contributed by atoms with Gasteiger partial charge in [0.25, 0.3) is 0 Å². The molecule has 0 unspecified atom stereocenters. The normalized spacial score (nSPS) is 15.0. The van der Waals surface area contributed by atoms with Gasteiger partial charge in [0.05, 0.1) is 11.8 Å². The van der Waals surface area contributed by atoms with Gasteiger partial charge in [0.2, 0.25) is 11.1 Å². The second-order valence-corrected chi connectivity index (χ2v) is 7.02. The highest BCUT2D eigenvalue weighted by Crippen LogP contribution is 2.31. The van der Waals surface area contributed by atoms with Gasteiger partial charge in [-0.25, -0.2) is 4.68 Å². The SMILES string of the molecule is Cc1ccc(Cl)cc1NC(=O)CSc1nnnn1C1CCCC1. The Balaban J connectivity index is 1.59. The smallest absolute Gasteiger partial charge is 0.234 e. The third-order valence-corrected chi connectivity index (χ3v) is 5.11. The minimum atomic E-state index is -0.0960. The van der Waals surface area contributed by atoms with Crippen molar-refractivity contribution >= 4 is 35.0 Å². The van der Waals surface area contributed by atoms with Gasteiger partial charge in [0, 0.05) is 10.7 Å². The minimum absolute atomic E-state index is 0.0960. The number of carbonyl (C=O) groups excluding carboxylic acids is 1. The lowest BCUT2D eigenvalue weighted by Crippen LogP contribution is -2.16. The summed E-state index contributed by atoms with van der Waals surface area (Å²) in [6, 6.07) is 5.80. The summed E-state index contributed by atoms with van der Waals surface area (Å²) < 4.78 is 1.86. The van der Waals surface area contributed by atoms with Crippen molar-refractivity contribution in [1.82, 2.24) is 20.2 Å². The van der Waals surface area contributed by atoms with Gasteiger partial charge in [-0.15, -0.1) is 5.10 Å². The summed E-state index contributed by atoms with van der Waals surface area (Å²) in [5, 5.41) is 16.0. The fourth-order valence-electron chi connectivity index (χ4n) is 2.70. The van der Waals surface area contributed by atoms with E-state index in [0.717, 1.165) is 24.1 Å². The number of hydrogen-bond acceptors (Lipinski definition) is 5. The van der Waals surface area contributed by atoms with Crippen LogP contribution in [-0.2, 0) is 4.79 Å². The predicted octanol–water partition coefficient (Wildman–Crippen LogP) is 3.48. The van der Waals surface area contributed by atoms with E-state index < -0.39 is 0 Å². The summed E-state index contributed by atoms with van der Waals surface area (Å²) in [5.74, 6) is 0.167. The van der Waals surface area contributed by atoms with Gasteiger partial charge in [-0.2, -0.15) is 0 Å². The van der Waals surface area contributed by atoms with E-state index in [0.29, 0.717) is 16.2 Å². The third kappa shape index (κ3) is 4.03. The Morgan fingerprint density at radius 3 is 3.00 bits per heavy atom. The number of anilines is 1. The molecular formula is C15H18ClN5OS. The molecule has 0 bridgehead atoms. The average Bonchev–Trinajstić information content (AvgIpc) is 3.19. The molecule has 1 aliphatic carbocycles. The second kappa shape index (κ2) is 7.31. The number of rotatable bonds is 5. The highest BCUT2D eigenvalue weighted by atomic mass is 35.5. The molecule has 1 aromatic heterocycles. The summed E-state index contributed by atoms with van der Waals surface area (Å²) in [5.41, 5.74) is 1.71. The van der Waals surface area contributed by atoms with Gasteiger partial charge >= 0.3 is 0 Å². The van der Waals surface area contributed by atoms with Crippen LogP contribution in [0.3, 0.4) is 0 Å². The fourth-order valence-corrected chi connectivity index (χ4v) is 3.62. The number of nitrogens with zero attached hydrogens (tertiary/aromatic N) is 4. The molecule has 122 valence electrons. The number of halogens is 1. The predicted molar refractivity (Wildman–Crippen MR) is 90.9 cm³/mol. The summed E-state index contributed by atoms with van der Waals surface area (Å²) in [7, 11) is 0. The molecule has 6 nitrogen and oxygen atoms in total. The first-order valence-electron chi connectivity index (χ1n) is 7.60. The first-order valence-corrected chi connectivity index (χ1v) is 8.96. The number of hydrogen-bond donors (Lipinski definition) is 1.